The molecule has 0 fully saturated rings. The fraction of sp³-hybridized carbons (Fsp3) is 0.111. The Hall–Kier alpha value is -2.49. The van der Waals surface area contributed by atoms with E-state index in [0.717, 1.165) is 10.4 Å². The summed E-state index contributed by atoms with van der Waals surface area (Å²) in [6, 6.07) is 11.8. The first kappa shape index (κ1) is 17.9. The number of thiophene rings is 1. The first-order valence-corrected chi connectivity index (χ1v) is 10.7. The lowest BCUT2D eigenvalue weighted by Gasteiger charge is -2.06. The third-order valence-corrected chi connectivity index (χ3v) is 6.66. The SMILES string of the molecule is Cn1c(SCC(=O)Nc2nccs2)nc2cc(-c3ccccc3)sc2c1=O. The molecule has 0 radical (unpaired) electrons. The summed E-state index contributed by atoms with van der Waals surface area (Å²) >= 11 is 4.03. The van der Waals surface area contributed by atoms with Gasteiger partial charge in [-0.3, -0.25) is 14.2 Å². The van der Waals surface area contributed by atoms with Crippen molar-refractivity contribution in [2.45, 2.75) is 5.16 Å². The number of nitrogens with one attached hydrogen (secondary N) is 1. The van der Waals surface area contributed by atoms with Crippen molar-refractivity contribution in [1.29, 1.82) is 0 Å². The maximum absolute atomic E-state index is 12.7. The highest BCUT2D eigenvalue weighted by Crippen LogP contribution is 2.31. The van der Waals surface area contributed by atoms with Crippen molar-refractivity contribution in [3.05, 3.63) is 58.3 Å². The van der Waals surface area contributed by atoms with E-state index in [0.29, 0.717) is 20.5 Å². The maximum Gasteiger partial charge on any atom is 0.271 e. The van der Waals surface area contributed by atoms with Crippen LogP contribution >= 0.6 is 34.4 Å². The lowest BCUT2D eigenvalue weighted by molar-refractivity contribution is -0.113. The van der Waals surface area contributed by atoms with Gasteiger partial charge in [0.2, 0.25) is 5.91 Å². The Morgan fingerprint density at radius 3 is 2.85 bits per heavy atom. The van der Waals surface area contributed by atoms with E-state index < -0.39 is 0 Å². The number of nitrogens with zero attached hydrogens (tertiary/aromatic N) is 3. The molecule has 0 spiro atoms. The zero-order valence-electron chi connectivity index (χ0n) is 14.2. The fourth-order valence-corrected chi connectivity index (χ4v) is 4.87. The molecule has 0 bridgehead atoms. The average Bonchev–Trinajstić information content (AvgIpc) is 3.34. The number of thiazole rings is 1. The summed E-state index contributed by atoms with van der Waals surface area (Å²) in [7, 11) is 1.68. The van der Waals surface area contributed by atoms with Gasteiger partial charge in [0.1, 0.15) is 4.70 Å². The van der Waals surface area contributed by atoms with Gasteiger partial charge in [0.05, 0.1) is 11.3 Å². The number of thioether (sulfide) groups is 1. The molecule has 0 atom stereocenters. The van der Waals surface area contributed by atoms with Crippen LogP contribution in [0.5, 0.6) is 0 Å². The number of carbonyl (C=O) groups excluding carboxylic acids is 1. The van der Waals surface area contributed by atoms with E-state index in [-0.39, 0.29) is 17.2 Å². The van der Waals surface area contributed by atoms with Crippen LogP contribution in [0.2, 0.25) is 0 Å². The highest BCUT2D eigenvalue weighted by molar-refractivity contribution is 7.99. The zero-order valence-corrected chi connectivity index (χ0v) is 16.7. The fourth-order valence-electron chi connectivity index (χ4n) is 2.48. The van der Waals surface area contributed by atoms with Crippen molar-refractivity contribution in [1.82, 2.24) is 14.5 Å². The van der Waals surface area contributed by atoms with Crippen molar-refractivity contribution in [3.8, 4) is 10.4 Å². The average molecular weight is 415 g/mol. The lowest BCUT2D eigenvalue weighted by Crippen LogP contribution is -2.20. The van der Waals surface area contributed by atoms with E-state index in [1.54, 1.807) is 18.6 Å². The molecule has 27 heavy (non-hydrogen) atoms. The second-order valence-electron chi connectivity index (χ2n) is 5.62. The Kier molecular flexibility index (Phi) is 5.06. The van der Waals surface area contributed by atoms with Crippen LogP contribution in [0, 0.1) is 0 Å². The Morgan fingerprint density at radius 2 is 2.11 bits per heavy atom. The quantitative estimate of drug-likeness (QED) is 0.396. The highest BCUT2D eigenvalue weighted by Gasteiger charge is 2.15. The molecule has 4 rings (SSSR count). The van der Waals surface area contributed by atoms with E-state index in [4.69, 9.17) is 0 Å². The first-order chi connectivity index (χ1) is 13.1. The van der Waals surface area contributed by atoms with Gasteiger partial charge in [-0.05, 0) is 11.6 Å². The zero-order chi connectivity index (χ0) is 18.8. The van der Waals surface area contributed by atoms with Crippen LogP contribution in [0.25, 0.3) is 20.7 Å². The smallest absolute Gasteiger partial charge is 0.271 e. The highest BCUT2D eigenvalue weighted by atomic mass is 32.2. The molecular weight excluding hydrogens is 400 g/mol. The molecule has 1 N–H and O–H groups in total. The van der Waals surface area contributed by atoms with Crippen LogP contribution in [0.15, 0.2) is 57.9 Å². The standard InChI is InChI=1S/C18H14N4O2S3/c1-22-16(24)15-12(9-13(27-15)11-5-3-2-4-6-11)20-18(22)26-10-14(23)21-17-19-7-8-25-17/h2-9H,10H2,1H3,(H,19,21,23). The topological polar surface area (TPSA) is 76.9 Å². The van der Waals surface area contributed by atoms with E-state index in [2.05, 4.69) is 15.3 Å². The molecule has 4 aromatic rings. The molecule has 1 amide bonds. The number of benzene rings is 1. The molecule has 1 aromatic carbocycles. The van der Waals surface area contributed by atoms with Crippen molar-refractivity contribution < 1.29 is 4.79 Å². The molecule has 0 aliphatic heterocycles. The molecule has 136 valence electrons. The number of anilines is 1. The van der Waals surface area contributed by atoms with E-state index in [1.165, 1.54) is 39.0 Å². The van der Waals surface area contributed by atoms with Gasteiger partial charge in [-0.2, -0.15) is 0 Å². The summed E-state index contributed by atoms with van der Waals surface area (Å²) in [6.07, 6.45) is 1.63. The molecule has 9 heteroatoms. The van der Waals surface area contributed by atoms with Crippen LogP contribution in [-0.4, -0.2) is 26.2 Å². The van der Waals surface area contributed by atoms with Crippen molar-refractivity contribution in [3.63, 3.8) is 0 Å². The van der Waals surface area contributed by atoms with Gasteiger partial charge < -0.3 is 5.32 Å². The van der Waals surface area contributed by atoms with E-state index in [9.17, 15) is 9.59 Å². The van der Waals surface area contributed by atoms with Gasteiger partial charge >= 0.3 is 0 Å². The third-order valence-electron chi connectivity index (χ3n) is 3.78. The summed E-state index contributed by atoms with van der Waals surface area (Å²) in [4.78, 5) is 34.4. The molecule has 0 aliphatic rings. The summed E-state index contributed by atoms with van der Waals surface area (Å²) in [5.74, 6) is -0.0271. The van der Waals surface area contributed by atoms with Crippen LogP contribution in [-0.2, 0) is 11.8 Å². The third kappa shape index (κ3) is 3.80. The number of amides is 1. The number of carbonyl (C=O) groups is 1. The van der Waals surface area contributed by atoms with Gasteiger partial charge in [0.15, 0.2) is 10.3 Å². The second-order valence-corrected chi connectivity index (χ2v) is 8.51. The van der Waals surface area contributed by atoms with E-state index >= 15 is 0 Å². The second kappa shape index (κ2) is 7.63. The Morgan fingerprint density at radius 1 is 1.30 bits per heavy atom. The number of fused-ring (bicyclic) bond motifs is 1. The Balaban J connectivity index is 1.59. The monoisotopic (exact) mass is 414 g/mol. The minimum Gasteiger partial charge on any atom is -0.301 e. The predicted octanol–water partition coefficient (Wildman–Crippen LogP) is 3.85. The number of hydrogen-bond acceptors (Lipinski definition) is 7. The van der Waals surface area contributed by atoms with Gasteiger partial charge in [-0.25, -0.2) is 9.97 Å². The molecule has 3 aromatic heterocycles. The minimum absolute atomic E-state index is 0.102. The van der Waals surface area contributed by atoms with Crippen molar-refractivity contribution >= 4 is 55.7 Å². The summed E-state index contributed by atoms with van der Waals surface area (Å²) in [5.41, 5.74) is 1.61. The molecule has 0 unspecified atom stereocenters. The number of hydrogen-bond donors (Lipinski definition) is 1. The first-order valence-electron chi connectivity index (χ1n) is 8.00. The van der Waals surface area contributed by atoms with Gasteiger partial charge in [-0.1, -0.05) is 42.1 Å². The summed E-state index contributed by atoms with van der Waals surface area (Å²) in [6.45, 7) is 0. The van der Waals surface area contributed by atoms with Crippen LogP contribution in [0.1, 0.15) is 0 Å². The predicted molar refractivity (Wildman–Crippen MR) is 112 cm³/mol. The molecule has 0 saturated carbocycles. The van der Waals surface area contributed by atoms with E-state index in [1.807, 2.05) is 36.4 Å². The van der Waals surface area contributed by atoms with Crippen molar-refractivity contribution in [2.24, 2.45) is 7.05 Å². The minimum atomic E-state index is -0.181. The summed E-state index contributed by atoms with van der Waals surface area (Å²) in [5, 5.41) is 5.59. The van der Waals surface area contributed by atoms with Crippen LogP contribution in [0.3, 0.4) is 0 Å². The molecule has 3 heterocycles. The molecule has 0 saturated heterocycles. The lowest BCUT2D eigenvalue weighted by atomic mass is 10.2. The molecule has 0 aliphatic carbocycles. The Bertz CT molecular complexity index is 1150. The van der Waals surface area contributed by atoms with Crippen molar-refractivity contribution in [2.75, 3.05) is 11.1 Å². The maximum atomic E-state index is 12.7. The Labute approximate surface area is 166 Å². The largest absolute Gasteiger partial charge is 0.301 e. The number of aromatic nitrogens is 3. The number of rotatable bonds is 5. The van der Waals surface area contributed by atoms with Gasteiger partial charge in [0.25, 0.3) is 5.56 Å². The van der Waals surface area contributed by atoms with Gasteiger partial charge in [0, 0.05) is 23.5 Å². The molecule has 6 nitrogen and oxygen atoms in total. The van der Waals surface area contributed by atoms with Crippen LogP contribution < -0.4 is 10.9 Å². The molecular formula is C18H14N4O2S3. The summed E-state index contributed by atoms with van der Waals surface area (Å²) < 4.78 is 2.11. The van der Waals surface area contributed by atoms with Gasteiger partial charge in [-0.15, -0.1) is 22.7 Å². The normalized spacial score (nSPS) is 11.0. The van der Waals surface area contributed by atoms with Crippen LogP contribution in [0.4, 0.5) is 5.13 Å².